The third-order valence-corrected chi connectivity index (χ3v) is 9.67. The Morgan fingerprint density at radius 1 is 1.13 bits per heavy atom. The van der Waals surface area contributed by atoms with E-state index in [9.17, 15) is 19.6 Å². The van der Waals surface area contributed by atoms with Gasteiger partial charge in [-0.25, -0.2) is 24.3 Å². The second-order valence-electron chi connectivity index (χ2n) is 11.8. The molecule has 0 spiro atoms. The summed E-state index contributed by atoms with van der Waals surface area (Å²) in [6.45, 7) is 3.98. The number of halogens is 1. The van der Waals surface area contributed by atoms with Gasteiger partial charge in [-0.1, -0.05) is 18.3 Å². The molecule has 0 amide bonds. The van der Waals surface area contributed by atoms with Crippen molar-refractivity contribution in [3.05, 3.63) is 71.4 Å². The summed E-state index contributed by atoms with van der Waals surface area (Å²) in [5, 5.41) is 23.3. The molecule has 2 aliphatic heterocycles. The fraction of sp³-hybridized carbons (Fsp3) is 0.333. The molecule has 13 heteroatoms. The molecular weight excluding hydrogens is 605 g/mol. The number of aliphatic hydroxyl groups excluding tert-OH is 1. The number of rotatable bonds is 9. The first-order valence-electron chi connectivity index (χ1n) is 15.2. The maximum Gasteiger partial charge on any atom is 0.225 e. The number of aromatic nitrogens is 5. The van der Waals surface area contributed by atoms with E-state index in [2.05, 4.69) is 26.3 Å². The number of imidazole rings is 1. The minimum atomic E-state index is -0.438. The Morgan fingerprint density at radius 3 is 2.54 bits per heavy atom. The van der Waals surface area contributed by atoms with Gasteiger partial charge in [0.05, 0.1) is 17.8 Å². The van der Waals surface area contributed by atoms with Gasteiger partial charge in [0.1, 0.15) is 39.7 Å². The molecule has 0 saturated carbocycles. The van der Waals surface area contributed by atoms with Gasteiger partial charge in [0.15, 0.2) is 5.13 Å². The molecule has 6 heterocycles. The Labute approximate surface area is 269 Å². The molecule has 1 aromatic carbocycles. The normalized spacial score (nSPS) is 18.1. The van der Waals surface area contributed by atoms with Crippen LogP contribution in [0.2, 0.25) is 0 Å². The number of nitriles is 1. The Morgan fingerprint density at radius 2 is 1.87 bits per heavy atom. The van der Waals surface area contributed by atoms with Crippen molar-refractivity contribution >= 4 is 39.7 Å². The topological polar surface area (TPSA) is 136 Å². The number of β-amino-alcohol motifs (C(OH)–C–C–N with tert-alkyl or cyclic N) is 1. The van der Waals surface area contributed by atoms with E-state index >= 15 is 0 Å². The molecule has 5 aromatic rings. The van der Waals surface area contributed by atoms with Crippen LogP contribution in [0.15, 0.2) is 55.0 Å². The van der Waals surface area contributed by atoms with Crippen LogP contribution in [-0.4, -0.2) is 74.1 Å². The van der Waals surface area contributed by atoms with Gasteiger partial charge in [-0.15, -0.1) is 0 Å². The molecule has 2 saturated heterocycles. The fourth-order valence-electron chi connectivity index (χ4n) is 6.15. The number of nitrogens with zero attached hydrogens (tertiary/aromatic N) is 8. The van der Waals surface area contributed by atoms with Gasteiger partial charge in [-0.05, 0) is 49.2 Å². The second-order valence-corrected chi connectivity index (χ2v) is 12.8. The highest BCUT2D eigenvalue weighted by atomic mass is 32.1. The van der Waals surface area contributed by atoms with E-state index in [4.69, 9.17) is 9.97 Å². The van der Waals surface area contributed by atoms with E-state index in [0.29, 0.717) is 53.0 Å². The van der Waals surface area contributed by atoms with Gasteiger partial charge >= 0.3 is 0 Å². The number of carbonyl (C=O) groups excluding carboxylic acids is 1. The van der Waals surface area contributed by atoms with Crippen LogP contribution in [0.1, 0.15) is 30.3 Å². The summed E-state index contributed by atoms with van der Waals surface area (Å²) in [6, 6.07) is 11.9. The number of benzene rings is 1. The maximum atomic E-state index is 13.5. The minimum Gasteiger partial charge on any atom is -0.392 e. The lowest BCUT2D eigenvalue weighted by Crippen LogP contribution is -2.49. The van der Waals surface area contributed by atoms with E-state index in [1.165, 1.54) is 23.5 Å². The van der Waals surface area contributed by atoms with Crippen LogP contribution in [0.25, 0.3) is 28.0 Å². The number of nitrogens with one attached hydrogen (secondary N) is 1. The Hall–Kier alpha value is -4.77. The van der Waals surface area contributed by atoms with Crippen LogP contribution in [0, 0.1) is 23.1 Å². The summed E-state index contributed by atoms with van der Waals surface area (Å²) >= 11 is 1.28. The van der Waals surface area contributed by atoms with Crippen molar-refractivity contribution in [1.29, 1.82) is 5.26 Å². The quantitative estimate of drug-likeness (QED) is 0.240. The predicted octanol–water partition coefficient (Wildman–Crippen LogP) is 4.37. The number of fused-ring (bicyclic) bond motifs is 1. The summed E-state index contributed by atoms with van der Waals surface area (Å²) in [4.78, 5) is 35.9. The number of aryl methyl sites for hydroxylation is 1. The highest BCUT2D eigenvalue weighted by molar-refractivity contribution is 7.16. The lowest BCUT2D eigenvalue weighted by atomic mass is 9.91. The molecule has 11 nitrogen and oxygen atoms in total. The van der Waals surface area contributed by atoms with Crippen molar-refractivity contribution in [3.8, 4) is 28.5 Å². The number of anilines is 3. The first kappa shape index (κ1) is 29.9. The fourth-order valence-corrected chi connectivity index (χ4v) is 7.00. The third-order valence-electron chi connectivity index (χ3n) is 8.64. The number of thiazole rings is 1. The van der Waals surface area contributed by atoms with Crippen LogP contribution in [0.4, 0.5) is 21.3 Å². The highest BCUT2D eigenvalue weighted by Crippen LogP contribution is 2.37. The molecule has 2 fully saturated rings. The molecule has 0 aliphatic carbocycles. The van der Waals surface area contributed by atoms with Crippen molar-refractivity contribution in [3.63, 3.8) is 0 Å². The monoisotopic (exact) mass is 637 g/mol. The predicted molar refractivity (Wildman–Crippen MR) is 174 cm³/mol. The summed E-state index contributed by atoms with van der Waals surface area (Å²) in [6.07, 6.45) is 6.86. The Bertz CT molecular complexity index is 1940. The minimum absolute atomic E-state index is 0.164. The molecule has 0 bridgehead atoms. The summed E-state index contributed by atoms with van der Waals surface area (Å²) < 4.78 is 15.6. The standard InChI is InChI=1S/C33H32FN9O2S/c1-3-25-31(41(2)33-40-30(28(12-35)46-33)20-4-7-23(34)8-5-20)43-18-21(6-9-29(43)39-25)22-13-37-32(38-14-22)42-16-19(17-42)10-27(45)26-11-24(44)15-36-26/h4-9,13-14,18-19,24,26,36,44H,3,10-11,15-17H2,1-2H3/t24-,26-/m0/s1. The summed E-state index contributed by atoms with van der Waals surface area (Å²) in [5.74, 6) is 1.55. The Kier molecular flexibility index (Phi) is 7.94. The van der Waals surface area contributed by atoms with E-state index in [1.807, 2.05) is 54.0 Å². The number of aliphatic hydroxyl groups is 1. The summed E-state index contributed by atoms with van der Waals surface area (Å²) in [5.41, 5.74) is 4.62. The van der Waals surface area contributed by atoms with E-state index in [-0.39, 0.29) is 23.6 Å². The number of Topliss-reactive ketones (excluding diaryl/α,β-unsaturated/α-hetero) is 1. The molecule has 0 radical (unpaired) electrons. The zero-order valence-electron chi connectivity index (χ0n) is 25.4. The van der Waals surface area contributed by atoms with Crippen LogP contribution >= 0.6 is 11.3 Å². The SMILES string of the molecule is CCc1nc2ccc(-c3cnc(N4CC(CC(=O)[C@@H]5C[C@H](O)CN5)C4)nc3)cn2c1N(C)c1nc(-c2ccc(F)cc2)c(C#N)s1. The van der Waals surface area contributed by atoms with E-state index < -0.39 is 6.10 Å². The first-order valence-corrected chi connectivity index (χ1v) is 16.1. The van der Waals surface area contributed by atoms with Crippen molar-refractivity contribution in [1.82, 2.24) is 29.7 Å². The maximum absolute atomic E-state index is 13.5. The number of hydrogen-bond acceptors (Lipinski definition) is 11. The number of hydrogen-bond donors (Lipinski definition) is 2. The van der Waals surface area contributed by atoms with Crippen LogP contribution in [0.3, 0.4) is 0 Å². The summed E-state index contributed by atoms with van der Waals surface area (Å²) in [7, 11) is 1.91. The smallest absolute Gasteiger partial charge is 0.225 e. The van der Waals surface area contributed by atoms with Gasteiger partial charge in [-0.2, -0.15) is 5.26 Å². The number of pyridine rings is 1. The van der Waals surface area contributed by atoms with Gasteiger partial charge < -0.3 is 20.2 Å². The Balaban J connectivity index is 1.10. The number of carbonyl (C=O) groups is 1. The van der Waals surface area contributed by atoms with Crippen molar-refractivity contribution < 1.29 is 14.3 Å². The average molecular weight is 638 g/mol. The first-order chi connectivity index (χ1) is 22.3. The van der Waals surface area contributed by atoms with E-state index in [0.717, 1.165) is 41.4 Å². The zero-order valence-corrected chi connectivity index (χ0v) is 26.2. The van der Waals surface area contributed by atoms with Crippen molar-refractivity contribution in [2.75, 3.05) is 36.5 Å². The van der Waals surface area contributed by atoms with Gasteiger partial charge in [0.25, 0.3) is 0 Å². The van der Waals surface area contributed by atoms with Crippen LogP contribution in [-0.2, 0) is 11.2 Å². The molecule has 0 unspecified atom stereocenters. The molecule has 7 rings (SSSR count). The molecule has 2 atom stereocenters. The third kappa shape index (κ3) is 5.60. The zero-order chi connectivity index (χ0) is 31.9. The van der Waals surface area contributed by atoms with Gasteiger partial charge in [0, 0.05) is 74.3 Å². The molecular formula is C33H32FN9O2S. The molecule has 4 aromatic heterocycles. The van der Waals surface area contributed by atoms with Crippen molar-refractivity contribution in [2.45, 2.75) is 38.3 Å². The molecule has 46 heavy (non-hydrogen) atoms. The number of ketones is 1. The largest absolute Gasteiger partial charge is 0.392 e. The highest BCUT2D eigenvalue weighted by Gasteiger charge is 2.34. The van der Waals surface area contributed by atoms with Gasteiger partial charge in [0.2, 0.25) is 5.95 Å². The average Bonchev–Trinajstić information content (AvgIpc) is 3.79. The molecule has 2 aliphatic rings. The van der Waals surface area contributed by atoms with Crippen LogP contribution in [0.5, 0.6) is 0 Å². The molecule has 234 valence electrons. The van der Waals surface area contributed by atoms with Gasteiger partial charge in [-0.3, -0.25) is 9.20 Å². The lowest BCUT2D eigenvalue weighted by Gasteiger charge is -2.39. The van der Waals surface area contributed by atoms with E-state index in [1.54, 1.807) is 12.1 Å². The van der Waals surface area contributed by atoms with Crippen molar-refractivity contribution in [2.24, 2.45) is 5.92 Å². The van der Waals surface area contributed by atoms with Crippen LogP contribution < -0.4 is 15.1 Å². The lowest BCUT2D eigenvalue weighted by molar-refractivity contribution is -0.122. The second kappa shape index (κ2) is 12.2. The molecule has 2 N–H and O–H groups in total.